The minimum atomic E-state index is -3.39. The zero-order chi connectivity index (χ0) is 28.7. The van der Waals surface area contributed by atoms with Crippen LogP contribution >= 0.6 is 0 Å². The number of hydrogen-bond acceptors (Lipinski definition) is 8. The molecule has 2 aliphatic rings. The quantitative estimate of drug-likeness (QED) is 0.311. The van der Waals surface area contributed by atoms with Crippen molar-refractivity contribution in [1.29, 1.82) is 0 Å². The summed E-state index contributed by atoms with van der Waals surface area (Å²) in [6, 6.07) is 21.8. The second-order valence-corrected chi connectivity index (χ2v) is 12.0. The third-order valence-corrected chi connectivity index (χ3v) is 8.05. The Morgan fingerprint density at radius 2 is 1.44 bits per heavy atom. The van der Waals surface area contributed by atoms with Crippen molar-refractivity contribution in [1.82, 2.24) is 29.1 Å². The Labute approximate surface area is 235 Å². The molecule has 0 saturated heterocycles. The number of sulfone groups is 1. The summed E-state index contributed by atoms with van der Waals surface area (Å²) in [6.07, 6.45) is 2.80. The Morgan fingerprint density at radius 1 is 0.805 bits per heavy atom. The standard InChI is InChI=1S/C30H26N6O4S/c1-19-3-5-21(6-4-19)16-36-29-26(32-30(36)38)25-28(35(18-31-25)15-20-7-9-22(17-37)10-8-20)33-27(34-29)23-11-13-24(14-12-23)41(2,39)40/h3-14,18,37H,15-17H2,1-2H3. The molecule has 3 heterocycles. The van der Waals surface area contributed by atoms with Crippen LogP contribution in [0.3, 0.4) is 0 Å². The number of rotatable bonds is 7. The van der Waals surface area contributed by atoms with Crippen molar-refractivity contribution >= 4 is 21.0 Å². The van der Waals surface area contributed by atoms with Crippen molar-refractivity contribution in [3.8, 4) is 22.9 Å². The van der Waals surface area contributed by atoms with Crippen molar-refractivity contribution in [3.63, 3.8) is 0 Å². The highest BCUT2D eigenvalue weighted by atomic mass is 32.2. The molecule has 10 nitrogen and oxygen atoms in total. The fourth-order valence-electron chi connectivity index (χ4n) is 4.64. The van der Waals surface area contributed by atoms with Gasteiger partial charge in [-0.3, -0.25) is 4.57 Å². The van der Waals surface area contributed by atoms with E-state index in [9.17, 15) is 18.3 Å². The molecule has 4 aromatic rings. The average molecular weight is 567 g/mol. The lowest BCUT2D eigenvalue weighted by Crippen LogP contribution is -2.18. The molecular weight excluding hydrogens is 540 g/mol. The van der Waals surface area contributed by atoms with Gasteiger partial charge in [0.15, 0.2) is 27.1 Å². The molecule has 0 amide bonds. The SMILES string of the molecule is Cc1ccc(Cn2c3nc(-c4ccc(S(C)(=O)=O)cc4)nc4c(ncn4Cc4ccc(CO)cc4)c-3nc2=O)cc1. The van der Waals surface area contributed by atoms with Crippen LogP contribution in [0.5, 0.6) is 0 Å². The van der Waals surface area contributed by atoms with Gasteiger partial charge in [0.1, 0.15) is 11.2 Å². The third-order valence-electron chi connectivity index (χ3n) is 6.92. The molecule has 0 fully saturated rings. The molecule has 0 saturated carbocycles. The lowest BCUT2D eigenvalue weighted by molar-refractivity contribution is 0.282. The van der Waals surface area contributed by atoms with E-state index < -0.39 is 15.5 Å². The molecule has 0 bridgehead atoms. The first-order valence-corrected chi connectivity index (χ1v) is 14.8. The summed E-state index contributed by atoms with van der Waals surface area (Å²) in [5, 5.41) is 9.38. The molecule has 6 rings (SSSR count). The molecule has 0 unspecified atom stereocenters. The largest absolute Gasteiger partial charge is 0.392 e. The van der Waals surface area contributed by atoms with Gasteiger partial charge in [0.2, 0.25) is 0 Å². The van der Waals surface area contributed by atoms with E-state index in [0.717, 1.165) is 28.5 Å². The van der Waals surface area contributed by atoms with E-state index >= 15 is 0 Å². The smallest absolute Gasteiger partial charge is 0.350 e. The summed E-state index contributed by atoms with van der Waals surface area (Å²) in [7, 11) is -3.39. The molecule has 206 valence electrons. The van der Waals surface area contributed by atoms with Crippen LogP contribution in [0.1, 0.15) is 22.3 Å². The van der Waals surface area contributed by atoms with Gasteiger partial charge in [0.25, 0.3) is 0 Å². The summed E-state index contributed by atoms with van der Waals surface area (Å²) >= 11 is 0. The zero-order valence-electron chi connectivity index (χ0n) is 22.4. The summed E-state index contributed by atoms with van der Waals surface area (Å²) in [6.45, 7) is 2.65. The first kappa shape index (κ1) is 26.5. The lowest BCUT2D eigenvalue weighted by atomic mass is 10.1. The molecule has 1 N–H and O–H groups in total. The summed E-state index contributed by atoms with van der Waals surface area (Å²) in [5.41, 5.74) is 5.16. The molecule has 3 aromatic carbocycles. The Morgan fingerprint density at radius 3 is 2.10 bits per heavy atom. The van der Waals surface area contributed by atoms with Crippen molar-refractivity contribution in [2.45, 2.75) is 31.5 Å². The average Bonchev–Trinajstić information content (AvgIpc) is 3.43. The minimum Gasteiger partial charge on any atom is -0.392 e. The topological polar surface area (TPSA) is 133 Å². The monoisotopic (exact) mass is 566 g/mol. The number of aliphatic hydroxyl groups excluding tert-OH is 1. The van der Waals surface area contributed by atoms with E-state index in [2.05, 4.69) is 9.97 Å². The van der Waals surface area contributed by atoms with Crippen molar-refractivity contribution < 1.29 is 13.5 Å². The van der Waals surface area contributed by atoms with Gasteiger partial charge in [0, 0.05) is 11.8 Å². The lowest BCUT2D eigenvalue weighted by Gasteiger charge is -2.06. The highest BCUT2D eigenvalue weighted by Crippen LogP contribution is 2.28. The number of benzene rings is 3. The first-order valence-electron chi connectivity index (χ1n) is 12.9. The summed E-state index contributed by atoms with van der Waals surface area (Å²) in [5.74, 6) is 0.630. The predicted octanol–water partition coefficient (Wildman–Crippen LogP) is 3.46. The van der Waals surface area contributed by atoms with Crippen LogP contribution in [0, 0.1) is 6.92 Å². The number of nitrogens with zero attached hydrogens (tertiary/aromatic N) is 6. The maximum atomic E-state index is 13.2. The van der Waals surface area contributed by atoms with Crippen LogP contribution < -0.4 is 5.69 Å². The minimum absolute atomic E-state index is 0.0421. The first-order chi connectivity index (χ1) is 19.7. The van der Waals surface area contributed by atoms with Gasteiger partial charge < -0.3 is 9.67 Å². The number of imidazole rings is 2. The summed E-state index contributed by atoms with van der Waals surface area (Å²) < 4.78 is 27.4. The molecule has 1 aromatic heterocycles. The van der Waals surface area contributed by atoms with Crippen molar-refractivity contribution in [3.05, 3.63) is 112 Å². The van der Waals surface area contributed by atoms with Crippen LogP contribution in [0.4, 0.5) is 0 Å². The maximum Gasteiger partial charge on any atom is 0.350 e. The number of aryl methyl sites for hydroxylation is 1. The Hall–Kier alpha value is -4.74. The molecule has 41 heavy (non-hydrogen) atoms. The molecule has 0 radical (unpaired) electrons. The number of fused-ring (bicyclic) bond motifs is 3. The second-order valence-electron chi connectivity index (χ2n) is 10.0. The highest BCUT2D eigenvalue weighted by molar-refractivity contribution is 7.90. The van der Waals surface area contributed by atoms with Gasteiger partial charge in [-0.1, -0.05) is 54.1 Å². The van der Waals surface area contributed by atoms with Crippen LogP contribution in [0.25, 0.3) is 34.1 Å². The predicted molar refractivity (Wildman–Crippen MR) is 154 cm³/mol. The molecular formula is C30H26N6O4S. The van der Waals surface area contributed by atoms with E-state index in [-0.39, 0.29) is 18.0 Å². The van der Waals surface area contributed by atoms with Gasteiger partial charge in [-0.2, -0.15) is 4.98 Å². The number of aliphatic hydroxyl groups is 1. The van der Waals surface area contributed by atoms with Gasteiger partial charge in [-0.05, 0) is 47.9 Å². The Kier molecular flexibility index (Phi) is 6.68. The zero-order valence-corrected chi connectivity index (χ0v) is 23.2. The fraction of sp³-hybridized carbons (Fsp3) is 0.167. The van der Waals surface area contributed by atoms with Gasteiger partial charge in [-0.25, -0.2) is 28.2 Å². The highest BCUT2D eigenvalue weighted by Gasteiger charge is 2.23. The molecule has 0 spiro atoms. The van der Waals surface area contributed by atoms with E-state index in [1.54, 1.807) is 18.5 Å². The molecule has 0 atom stereocenters. The molecule has 11 heteroatoms. The van der Waals surface area contributed by atoms with Crippen LogP contribution in [-0.4, -0.2) is 48.9 Å². The summed E-state index contributed by atoms with van der Waals surface area (Å²) in [4.78, 5) is 32.0. The number of aromatic nitrogens is 6. The van der Waals surface area contributed by atoms with E-state index in [0.29, 0.717) is 40.6 Å². The normalized spacial score (nSPS) is 11.9. The van der Waals surface area contributed by atoms with Crippen LogP contribution in [-0.2, 0) is 29.5 Å². The van der Waals surface area contributed by atoms with E-state index in [1.807, 2.05) is 60.0 Å². The molecule has 2 aliphatic heterocycles. The maximum absolute atomic E-state index is 13.2. The Balaban J connectivity index is 1.54. The van der Waals surface area contributed by atoms with Gasteiger partial charge >= 0.3 is 5.69 Å². The Bertz CT molecular complexity index is 2010. The van der Waals surface area contributed by atoms with Gasteiger partial charge in [-0.15, -0.1) is 0 Å². The molecule has 0 aliphatic carbocycles. The van der Waals surface area contributed by atoms with Crippen LogP contribution in [0.15, 0.2) is 88.8 Å². The van der Waals surface area contributed by atoms with E-state index in [4.69, 9.17) is 9.97 Å². The van der Waals surface area contributed by atoms with Crippen molar-refractivity contribution in [2.75, 3.05) is 6.26 Å². The van der Waals surface area contributed by atoms with Gasteiger partial charge in [0.05, 0.1) is 30.9 Å². The van der Waals surface area contributed by atoms with Crippen molar-refractivity contribution in [2.24, 2.45) is 0 Å². The van der Waals surface area contributed by atoms with Crippen LogP contribution in [0.2, 0.25) is 0 Å². The number of hydrogen-bond donors (Lipinski definition) is 1. The second kappa shape index (κ2) is 10.3. The third kappa shape index (κ3) is 5.24. The van der Waals surface area contributed by atoms with E-state index in [1.165, 1.54) is 16.7 Å². The fourth-order valence-corrected chi connectivity index (χ4v) is 5.27.